The number of carbonyl (C=O) groups is 3. The highest BCUT2D eigenvalue weighted by atomic mass is 32.1. The summed E-state index contributed by atoms with van der Waals surface area (Å²) in [7, 11) is 0. The van der Waals surface area contributed by atoms with E-state index in [0.29, 0.717) is 36.6 Å². The number of thiophene rings is 1. The average molecular weight is 477 g/mol. The van der Waals surface area contributed by atoms with Crippen LogP contribution in [-0.4, -0.2) is 46.7 Å². The summed E-state index contributed by atoms with van der Waals surface area (Å²) in [4.78, 5) is 45.8. The smallest absolute Gasteiger partial charge is 0.262 e. The molecule has 3 amide bonds. The van der Waals surface area contributed by atoms with Gasteiger partial charge in [-0.1, -0.05) is 42.5 Å². The van der Waals surface area contributed by atoms with E-state index in [1.165, 1.54) is 11.3 Å². The molecule has 2 N–H and O–H groups in total. The molecule has 1 fully saturated rings. The van der Waals surface area contributed by atoms with Crippen molar-refractivity contribution in [2.75, 3.05) is 18.4 Å². The summed E-state index contributed by atoms with van der Waals surface area (Å²) in [6, 6.07) is 16.2. The van der Waals surface area contributed by atoms with E-state index >= 15 is 0 Å². The number of aryl methyl sites for hydroxylation is 1. The number of pyridine rings is 1. The second kappa shape index (κ2) is 11.1. The molecule has 1 aromatic carbocycles. The van der Waals surface area contributed by atoms with Crippen molar-refractivity contribution in [1.82, 2.24) is 15.2 Å². The lowest BCUT2D eigenvalue weighted by atomic mass is 9.95. The first-order chi connectivity index (χ1) is 16.5. The Balaban J connectivity index is 1.46. The SMILES string of the molecule is Cc1cccnc1NC(=O)C1CCCN(C(=O)C(Cc2ccccc2)NC(=O)c2cccs2)C1. The van der Waals surface area contributed by atoms with Crippen LogP contribution < -0.4 is 10.6 Å². The largest absolute Gasteiger partial charge is 0.340 e. The highest BCUT2D eigenvalue weighted by Gasteiger charge is 2.33. The number of likely N-dealkylation sites (tertiary alicyclic amines) is 1. The molecule has 1 saturated heterocycles. The highest BCUT2D eigenvalue weighted by Crippen LogP contribution is 2.21. The first-order valence-electron chi connectivity index (χ1n) is 11.4. The molecular weight excluding hydrogens is 448 g/mol. The van der Waals surface area contributed by atoms with Crippen LogP contribution in [-0.2, 0) is 16.0 Å². The summed E-state index contributed by atoms with van der Waals surface area (Å²) < 4.78 is 0. The van der Waals surface area contributed by atoms with Gasteiger partial charge in [-0.3, -0.25) is 14.4 Å². The molecule has 1 aliphatic rings. The van der Waals surface area contributed by atoms with Crippen LogP contribution in [0.4, 0.5) is 5.82 Å². The monoisotopic (exact) mass is 476 g/mol. The number of rotatable bonds is 7. The van der Waals surface area contributed by atoms with E-state index in [1.54, 1.807) is 17.2 Å². The molecule has 8 heteroatoms. The van der Waals surface area contributed by atoms with E-state index < -0.39 is 6.04 Å². The Kier molecular flexibility index (Phi) is 7.69. The van der Waals surface area contributed by atoms with Gasteiger partial charge in [0.2, 0.25) is 11.8 Å². The molecule has 0 bridgehead atoms. The molecule has 2 unspecified atom stereocenters. The Hall–Kier alpha value is -3.52. The molecule has 2 atom stereocenters. The minimum Gasteiger partial charge on any atom is -0.340 e. The van der Waals surface area contributed by atoms with Crippen LogP contribution in [0.25, 0.3) is 0 Å². The minimum absolute atomic E-state index is 0.137. The average Bonchev–Trinajstić information content (AvgIpc) is 3.41. The van der Waals surface area contributed by atoms with Gasteiger partial charge in [-0.15, -0.1) is 11.3 Å². The molecular formula is C26H28N4O3S. The summed E-state index contributed by atoms with van der Waals surface area (Å²) >= 11 is 1.34. The zero-order chi connectivity index (χ0) is 23.9. The third-order valence-corrected chi connectivity index (χ3v) is 6.85. The number of benzene rings is 1. The predicted molar refractivity (Wildman–Crippen MR) is 133 cm³/mol. The number of piperidine rings is 1. The van der Waals surface area contributed by atoms with Crippen molar-refractivity contribution in [3.63, 3.8) is 0 Å². The van der Waals surface area contributed by atoms with Gasteiger partial charge in [0.05, 0.1) is 10.8 Å². The normalized spacial score (nSPS) is 16.5. The van der Waals surface area contributed by atoms with Crippen molar-refractivity contribution in [3.8, 4) is 0 Å². The third-order valence-electron chi connectivity index (χ3n) is 5.99. The second-order valence-corrected chi connectivity index (χ2v) is 9.42. The summed E-state index contributed by atoms with van der Waals surface area (Å²) in [5.41, 5.74) is 1.85. The second-order valence-electron chi connectivity index (χ2n) is 8.47. The Morgan fingerprint density at radius 3 is 2.68 bits per heavy atom. The Morgan fingerprint density at radius 1 is 1.12 bits per heavy atom. The predicted octanol–water partition coefficient (Wildman–Crippen LogP) is 3.67. The lowest BCUT2D eigenvalue weighted by Crippen LogP contribution is -2.53. The number of nitrogens with one attached hydrogen (secondary N) is 2. The zero-order valence-electron chi connectivity index (χ0n) is 19.1. The van der Waals surface area contributed by atoms with Gasteiger partial charge < -0.3 is 15.5 Å². The molecule has 0 radical (unpaired) electrons. The van der Waals surface area contributed by atoms with Gasteiger partial charge in [-0.25, -0.2) is 4.98 Å². The topological polar surface area (TPSA) is 91.4 Å². The van der Waals surface area contributed by atoms with Crippen LogP contribution >= 0.6 is 11.3 Å². The van der Waals surface area contributed by atoms with Crippen molar-refractivity contribution >= 4 is 34.9 Å². The number of hydrogen-bond acceptors (Lipinski definition) is 5. The van der Waals surface area contributed by atoms with Crippen molar-refractivity contribution < 1.29 is 14.4 Å². The lowest BCUT2D eigenvalue weighted by Gasteiger charge is -2.34. The van der Waals surface area contributed by atoms with E-state index in [4.69, 9.17) is 0 Å². The fourth-order valence-corrected chi connectivity index (χ4v) is 4.76. The van der Waals surface area contributed by atoms with Gasteiger partial charge in [0.25, 0.3) is 5.91 Å². The lowest BCUT2D eigenvalue weighted by molar-refractivity contribution is -0.136. The van der Waals surface area contributed by atoms with Crippen molar-refractivity contribution in [3.05, 3.63) is 82.2 Å². The van der Waals surface area contributed by atoms with E-state index in [-0.39, 0.29) is 23.6 Å². The molecule has 34 heavy (non-hydrogen) atoms. The van der Waals surface area contributed by atoms with Gasteiger partial charge in [0.15, 0.2) is 0 Å². The molecule has 2 aromatic heterocycles. The number of aromatic nitrogens is 1. The molecule has 3 heterocycles. The van der Waals surface area contributed by atoms with E-state index in [9.17, 15) is 14.4 Å². The van der Waals surface area contributed by atoms with Gasteiger partial charge in [0, 0.05) is 25.7 Å². The standard InChI is InChI=1S/C26H28N4O3S/c1-18-8-5-13-27-23(18)29-24(31)20-11-6-14-30(17-20)26(33)21(16-19-9-3-2-4-10-19)28-25(32)22-12-7-15-34-22/h2-5,7-10,12-13,15,20-21H,6,11,14,16-17H2,1H3,(H,28,32)(H,27,29,31). The highest BCUT2D eigenvalue weighted by molar-refractivity contribution is 7.12. The fraction of sp³-hybridized carbons (Fsp3) is 0.308. The Morgan fingerprint density at radius 2 is 1.94 bits per heavy atom. The van der Waals surface area contributed by atoms with Crippen LogP contribution in [0.1, 0.15) is 33.6 Å². The van der Waals surface area contributed by atoms with Crippen molar-refractivity contribution in [1.29, 1.82) is 0 Å². The van der Waals surface area contributed by atoms with Crippen LogP contribution in [0.5, 0.6) is 0 Å². The molecule has 4 rings (SSSR count). The summed E-state index contributed by atoms with van der Waals surface area (Å²) in [5.74, 6) is -0.353. The van der Waals surface area contributed by atoms with Gasteiger partial charge in [-0.2, -0.15) is 0 Å². The van der Waals surface area contributed by atoms with E-state index in [0.717, 1.165) is 17.5 Å². The number of amides is 3. The van der Waals surface area contributed by atoms with Crippen molar-refractivity contribution in [2.24, 2.45) is 5.92 Å². The van der Waals surface area contributed by atoms with Gasteiger partial charge >= 0.3 is 0 Å². The molecule has 7 nitrogen and oxygen atoms in total. The molecule has 176 valence electrons. The van der Waals surface area contributed by atoms with E-state index in [2.05, 4.69) is 15.6 Å². The van der Waals surface area contributed by atoms with Crippen LogP contribution in [0.15, 0.2) is 66.2 Å². The maximum absolute atomic E-state index is 13.6. The Labute approximate surface area is 203 Å². The fourth-order valence-electron chi connectivity index (χ4n) is 4.13. The minimum atomic E-state index is -0.711. The maximum atomic E-state index is 13.6. The molecule has 0 spiro atoms. The van der Waals surface area contributed by atoms with Crippen molar-refractivity contribution in [2.45, 2.75) is 32.2 Å². The summed E-state index contributed by atoms with van der Waals surface area (Å²) in [5, 5.41) is 7.66. The quantitative estimate of drug-likeness (QED) is 0.544. The van der Waals surface area contributed by atoms with Gasteiger partial charge in [0.1, 0.15) is 11.9 Å². The van der Waals surface area contributed by atoms with Crippen LogP contribution in [0, 0.1) is 12.8 Å². The number of nitrogens with zero attached hydrogens (tertiary/aromatic N) is 2. The Bertz CT molecular complexity index is 1130. The number of hydrogen-bond donors (Lipinski definition) is 2. The first-order valence-corrected chi connectivity index (χ1v) is 12.3. The summed E-state index contributed by atoms with van der Waals surface area (Å²) in [6.45, 7) is 2.77. The van der Waals surface area contributed by atoms with Crippen LogP contribution in [0.3, 0.4) is 0 Å². The molecule has 1 aliphatic heterocycles. The van der Waals surface area contributed by atoms with Crippen LogP contribution in [0.2, 0.25) is 0 Å². The molecule has 0 saturated carbocycles. The molecule has 0 aliphatic carbocycles. The first kappa shape index (κ1) is 23.6. The zero-order valence-corrected chi connectivity index (χ0v) is 19.9. The molecule has 3 aromatic rings. The summed E-state index contributed by atoms with van der Waals surface area (Å²) in [6.07, 6.45) is 3.45. The number of anilines is 1. The number of carbonyl (C=O) groups excluding carboxylic acids is 3. The van der Waals surface area contributed by atoms with E-state index in [1.807, 2.05) is 60.8 Å². The maximum Gasteiger partial charge on any atom is 0.262 e. The van der Waals surface area contributed by atoms with Gasteiger partial charge in [-0.05, 0) is 48.4 Å². The third kappa shape index (κ3) is 5.88.